The summed E-state index contributed by atoms with van der Waals surface area (Å²) in [7, 11) is 0. The molecule has 0 aliphatic rings. The van der Waals surface area contributed by atoms with Gasteiger partial charge in [-0.15, -0.1) is 6.58 Å². The second kappa shape index (κ2) is 29.1. The van der Waals surface area contributed by atoms with E-state index in [1.54, 1.807) is 0 Å². The quantitative estimate of drug-likeness (QED) is 0.0556. The first kappa shape index (κ1) is 37.1. The van der Waals surface area contributed by atoms with Crippen LogP contribution >= 0.6 is 0 Å². The lowest BCUT2D eigenvalue weighted by atomic mass is 10.0. The minimum absolute atomic E-state index is 0.0800. The molecule has 2 amide bonds. The third-order valence-corrected chi connectivity index (χ3v) is 7.28. The zero-order valence-electron chi connectivity index (χ0n) is 25.0. The maximum Gasteiger partial charge on any atom is 0.303 e. The zero-order chi connectivity index (χ0) is 28.8. The summed E-state index contributed by atoms with van der Waals surface area (Å²) in [6.07, 6.45) is 27.5. The van der Waals surface area contributed by atoms with E-state index in [9.17, 15) is 14.4 Å². The van der Waals surface area contributed by atoms with Gasteiger partial charge in [-0.05, 0) is 51.4 Å². The molecule has 0 radical (unpaired) electrons. The number of hydrogen-bond acceptors (Lipinski definition) is 4. The van der Waals surface area contributed by atoms with E-state index in [1.165, 1.54) is 77.0 Å². The van der Waals surface area contributed by atoms with Crippen molar-refractivity contribution in [3.05, 3.63) is 12.7 Å². The molecule has 0 aliphatic carbocycles. The average molecular weight is 552 g/mol. The minimum atomic E-state index is -0.675. The van der Waals surface area contributed by atoms with Crippen LogP contribution in [0.15, 0.2) is 12.7 Å². The summed E-state index contributed by atoms with van der Waals surface area (Å²) in [6, 6.07) is -0.467. The van der Waals surface area contributed by atoms with Crippen LogP contribution < -0.4 is 16.4 Å². The molecular formula is C32H61N3O4. The van der Waals surface area contributed by atoms with Crippen molar-refractivity contribution >= 4 is 17.8 Å². The molecule has 1 atom stereocenters. The van der Waals surface area contributed by atoms with E-state index in [4.69, 9.17) is 10.8 Å². The number of hydrogen-bond donors (Lipinski definition) is 4. The summed E-state index contributed by atoms with van der Waals surface area (Å²) in [6.45, 7) is 5.01. The van der Waals surface area contributed by atoms with Gasteiger partial charge in [0.15, 0.2) is 0 Å². The molecule has 0 aromatic heterocycles. The second-order valence-corrected chi connectivity index (χ2v) is 11.1. The molecule has 228 valence electrons. The van der Waals surface area contributed by atoms with Crippen molar-refractivity contribution in [3.8, 4) is 0 Å². The Balaban J connectivity index is 3.32. The van der Waals surface area contributed by atoms with Crippen LogP contribution in [-0.2, 0) is 14.4 Å². The Morgan fingerprint density at radius 2 is 1.05 bits per heavy atom. The van der Waals surface area contributed by atoms with Crippen LogP contribution in [0.2, 0.25) is 0 Å². The van der Waals surface area contributed by atoms with Crippen molar-refractivity contribution in [3.63, 3.8) is 0 Å². The van der Waals surface area contributed by atoms with Crippen molar-refractivity contribution in [2.24, 2.45) is 5.73 Å². The lowest BCUT2D eigenvalue weighted by Crippen LogP contribution is -2.41. The second-order valence-electron chi connectivity index (χ2n) is 11.1. The number of carbonyl (C=O) groups is 3. The first-order valence-corrected chi connectivity index (χ1v) is 16.1. The Morgan fingerprint density at radius 3 is 1.54 bits per heavy atom. The lowest BCUT2D eigenvalue weighted by Gasteiger charge is -2.12. The van der Waals surface area contributed by atoms with E-state index in [0.717, 1.165) is 57.8 Å². The maximum absolute atomic E-state index is 12.0. The van der Waals surface area contributed by atoms with Gasteiger partial charge in [-0.2, -0.15) is 0 Å². The molecule has 0 saturated heterocycles. The summed E-state index contributed by atoms with van der Waals surface area (Å²) in [5, 5.41) is 14.5. The van der Waals surface area contributed by atoms with Crippen molar-refractivity contribution in [2.45, 2.75) is 160 Å². The van der Waals surface area contributed by atoms with Gasteiger partial charge in [0.25, 0.3) is 0 Å². The standard InChI is InChI=1S/C32H61N3O4/c1-2-3-4-22-28-35-32(39)29(33)24-21-23-27-34-30(36)25-19-17-15-13-11-9-7-5-6-8-10-12-14-16-18-20-26-31(37)38/h2,29H,1,3-28,33H2,(H,34,36)(H,35,39)(H,37,38)/t29-/m0/s1. The molecule has 0 bridgehead atoms. The van der Waals surface area contributed by atoms with E-state index >= 15 is 0 Å². The molecule has 7 heteroatoms. The number of carbonyl (C=O) groups excluding carboxylic acids is 2. The molecule has 7 nitrogen and oxygen atoms in total. The summed E-state index contributed by atoms with van der Waals surface area (Å²) in [5.74, 6) is -0.621. The first-order chi connectivity index (χ1) is 19.0. The Kier molecular flexibility index (Phi) is 27.7. The average Bonchev–Trinajstić information content (AvgIpc) is 2.91. The molecule has 0 saturated carbocycles. The number of aliphatic carboxylic acids is 1. The number of carboxylic acid groups (broad SMARTS) is 1. The first-order valence-electron chi connectivity index (χ1n) is 16.1. The number of amides is 2. The Morgan fingerprint density at radius 1 is 0.615 bits per heavy atom. The molecule has 0 aromatic carbocycles. The van der Waals surface area contributed by atoms with E-state index in [1.807, 2.05) is 6.08 Å². The van der Waals surface area contributed by atoms with Gasteiger partial charge in [0.2, 0.25) is 11.8 Å². The molecule has 0 spiro atoms. The molecule has 0 aromatic rings. The van der Waals surface area contributed by atoms with Crippen LogP contribution in [0, 0.1) is 0 Å². The SMILES string of the molecule is C=CCCCCNC(=O)[C@@H](N)CCCCNC(=O)CCCCCCCCCCCCCCCCCCC(=O)O. The van der Waals surface area contributed by atoms with Crippen molar-refractivity contribution < 1.29 is 19.5 Å². The highest BCUT2D eigenvalue weighted by molar-refractivity contribution is 5.81. The Hall–Kier alpha value is -1.89. The van der Waals surface area contributed by atoms with E-state index in [-0.39, 0.29) is 11.8 Å². The van der Waals surface area contributed by atoms with Gasteiger partial charge in [-0.1, -0.05) is 96.0 Å². The summed E-state index contributed by atoms with van der Waals surface area (Å²) in [4.78, 5) is 34.4. The largest absolute Gasteiger partial charge is 0.481 e. The van der Waals surface area contributed by atoms with Crippen LogP contribution in [0.4, 0.5) is 0 Å². The predicted molar refractivity (Wildman–Crippen MR) is 163 cm³/mol. The number of allylic oxidation sites excluding steroid dienone is 1. The van der Waals surface area contributed by atoms with E-state index < -0.39 is 12.0 Å². The Labute approximate surface area is 239 Å². The summed E-state index contributed by atoms with van der Waals surface area (Å²) < 4.78 is 0. The fraction of sp³-hybridized carbons (Fsp3) is 0.844. The van der Waals surface area contributed by atoms with E-state index in [2.05, 4.69) is 17.2 Å². The van der Waals surface area contributed by atoms with Gasteiger partial charge in [0.1, 0.15) is 0 Å². The zero-order valence-corrected chi connectivity index (χ0v) is 25.0. The van der Waals surface area contributed by atoms with Crippen LogP contribution in [-0.4, -0.2) is 42.0 Å². The van der Waals surface area contributed by atoms with Gasteiger partial charge < -0.3 is 21.5 Å². The van der Waals surface area contributed by atoms with Crippen LogP contribution in [0.5, 0.6) is 0 Å². The number of carboxylic acids is 1. The van der Waals surface area contributed by atoms with Crippen LogP contribution in [0.3, 0.4) is 0 Å². The highest BCUT2D eigenvalue weighted by Gasteiger charge is 2.12. The van der Waals surface area contributed by atoms with Crippen molar-refractivity contribution in [2.75, 3.05) is 13.1 Å². The monoisotopic (exact) mass is 551 g/mol. The summed E-state index contributed by atoms with van der Waals surface area (Å²) >= 11 is 0. The Bertz CT molecular complexity index is 612. The molecule has 5 N–H and O–H groups in total. The summed E-state index contributed by atoms with van der Waals surface area (Å²) in [5.41, 5.74) is 5.96. The lowest BCUT2D eigenvalue weighted by molar-refractivity contribution is -0.137. The fourth-order valence-corrected chi connectivity index (χ4v) is 4.73. The number of nitrogens with one attached hydrogen (secondary N) is 2. The van der Waals surface area contributed by atoms with Gasteiger partial charge in [-0.3, -0.25) is 14.4 Å². The van der Waals surface area contributed by atoms with Gasteiger partial charge in [0.05, 0.1) is 6.04 Å². The molecule has 0 heterocycles. The van der Waals surface area contributed by atoms with Crippen LogP contribution in [0.25, 0.3) is 0 Å². The highest BCUT2D eigenvalue weighted by atomic mass is 16.4. The maximum atomic E-state index is 12.0. The third-order valence-electron chi connectivity index (χ3n) is 7.28. The molecule has 0 fully saturated rings. The number of rotatable bonds is 30. The smallest absolute Gasteiger partial charge is 0.303 e. The fourth-order valence-electron chi connectivity index (χ4n) is 4.73. The van der Waals surface area contributed by atoms with Gasteiger partial charge in [-0.25, -0.2) is 0 Å². The molecular weight excluding hydrogens is 490 g/mol. The number of unbranched alkanes of at least 4 members (excludes halogenated alkanes) is 18. The van der Waals surface area contributed by atoms with Gasteiger partial charge in [0, 0.05) is 25.9 Å². The minimum Gasteiger partial charge on any atom is -0.481 e. The number of nitrogens with two attached hydrogens (primary N) is 1. The van der Waals surface area contributed by atoms with Gasteiger partial charge >= 0.3 is 5.97 Å². The van der Waals surface area contributed by atoms with Crippen molar-refractivity contribution in [1.29, 1.82) is 0 Å². The normalized spacial score (nSPS) is 11.7. The molecule has 0 rings (SSSR count). The van der Waals surface area contributed by atoms with Crippen LogP contribution in [0.1, 0.15) is 154 Å². The third kappa shape index (κ3) is 28.9. The molecule has 39 heavy (non-hydrogen) atoms. The highest BCUT2D eigenvalue weighted by Crippen LogP contribution is 2.14. The molecule has 0 aliphatic heterocycles. The molecule has 0 unspecified atom stereocenters. The predicted octanol–water partition coefficient (Wildman–Crippen LogP) is 7.18. The van der Waals surface area contributed by atoms with Crippen molar-refractivity contribution in [1.82, 2.24) is 10.6 Å². The van der Waals surface area contributed by atoms with E-state index in [0.29, 0.717) is 32.4 Å². The topological polar surface area (TPSA) is 122 Å².